The van der Waals surface area contributed by atoms with E-state index in [1.807, 2.05) is 0 Å². The van der Waals surface area contributed by atoms with Crippen LogP contribution in [0.1, 0.15) is 13.3 Å². The molecule has 1 unspecified atom stereocenters. The second-order valence-corrected chi connectivity index (χ2v) is 7.79. The van der Waals surface area contributed by atoms with Crippen LogP contribution in [0.3, 0.4) is 0 Å². The van der Waals surface area contributed by atoms with Gasteiger partial charge in [0.2, 0.25) is 0 Å². The van der Waals surface area contributed by atoms with Crippen molar-refractivity contribution in [2.75, 3.05) is 11.9 Å². The molecular formula is C13H10Cl5NO3. The average Bonchev–Trinajstić information content (AvgIpc) is 2.93. The van der Waals surface area contributed by atoms with Gasteiger partial charge in [-0.05, 0) is 19.1 Å². The molecule has 1 aliphatic rings. The van der Waals surface area contributed by atoms with E-state index in [1.165, 1.54) is 12.1 Å². The zero-order valence-corrected chi connectivity index (χ0v) is 15.0. The van der Waals surface area contributed by atoms with Crippen molar-refractivity contribution >= 4 is 75.6 Å². The number of carbonyl (C=O) groups is 2. The van der Waals surface area contributed by atoms with E-state index >= 15 is 0 Å². The number of esters is 1. The molecule has 0 spiro atoms. The molecule has 1 aromatic carbocycles. The first kappa shape index (κ1) is 18.0. The Balaban J connectivity index is 1.92. The Morgan fingerprint density at radius 3 is 2.27 bits per heavy atom. The lowest BCUT2D eigenvalue weighted by molar-refractivity contribution is -0.152. The summed E-state index contributed by atoms with van der Waals surface area (Å²) in [5.41, 5.74) is -0.726. The zero-order chi connectivity index (χ0) is 16.7. The number of nitrogens with one attached hydrogen (secondary N) is 1. The van der Waals surface area contributed by atoms with Crippen LogP contribution in [-0.2, 0) is 14.3 Å². The van der Waals surface area contributed by atoms with Gasteiger partial charge in [-0.3, -0.25) is 9.59 Å². The number of anilines is 1. The normalized spacial score (nSPS) is 22.1. The lowest BCUT2D eigenvalue weighted by Crippen LogP contribution is -2.26. The third-order valence-electron chi connectivity index (χ3n) is 3.33. The fourth-order valence-corrected chi connectivity index (χ4v) is 3.00. The van der Waals surface area contributed by atoms with Crippen molar-refractivity contribution in [3.63, 3.8) is 0 Å². The summed E-state index contributed by atoms with van der Waals surface area (Å²) in [6.07, 6.45) is 0.280. The number of amides is 1. The van der Waals surface area contributed by atoms with Gasteiger partial charge in [0.25, 0.3) is 5.91 Å². The second-order valence-electron chi connectivity index (χ2n) is 5.08. The molecule has 1 aromatic rings. The predicted octanol–water partition coefficient (Wildman–Crippen LogP) is 4.71. The molecule has 0 aliphatic heterocycles. The van der Waals surface area contributed by atoms with E-state index in [0.717, 1.165) is 0 Å². The van der Waals surface area contributed by atoms with E-state index in [0.29, 0.717) is 0 Å². The summed E-state index contributed by atoms with van der Waals surface area (Å²) in [6.45, 7) is 1.08. The first-order valence-corrected chi connectivity index (χ1v) is 7.95. The fraction of sp³-hybridized carbons (Fsp3) is 0.385. The molecular weight excluding hydrogens is 395 g/mol. The molecule has 4 nitrogen and oxygen atoms in total. The smallest absolute Gasteiger partial charge is 0.315 e. The molecule has 1 fully saturated rings. The van der Waals surface area contributed by atoms with Crippen molar-refractivity contribution in [3.05, 3.63) is 27.2 Å². The van der Waals surface area contributed by atoms with Gasteiger partial charge < -0.3 is 10.1 Å². The van der Waals surface area contributed by atoms with Gasteiger partial charge in [0.15, 0.2) is 6.61 Å². The molecule has 2 rings (SSSR count). The van der Waals surface area contributed by atoms with Gasteiger partial charge in [-0.1, -0.05) is 34.8 Å². The van der Waals surface area contributed by atoms with Gasteiger partial charge in [0, 0.05) is 6.42 Å². The number of hydrogen-bond donors (Lipinski definition) is 1. The molecule has 0 radical (unpaired) electrons. The van der Waals surface area contributed by atoms with E-state index < -0.39 is 28.2 Å². The number of alkyl halides is 2. The van der Waals surface area contributed by atoms with Crippen LogP contribution >= 0.6 is 58.0 Å². The Morgan fingerprint density at radius 1 is 1.18 bits per heavy atom. The maximum atomic E-state index is 11.8. The molecule has 1 aliphatic carbocycles. The van der Waals surface area contributed by atoms with Gasteiger partial charge in [0.05, 0.1) is 20.8 Å². The largest absolute Gasteiger partial charge is 0.455 e. The molecule has 1 N–H and O–H groups in total. The van der Waals surface area contributed by atoms with Gasteiger partial charge >= 0.3 is 5.97 Å². The summed E-state index contributed by atoms with van der Waals surface area (Å²) in [5.74, 6) is -1.21. The van der Waals surface area contributed by atoms with E-state index in [9.17, 15) is 9.59 Å². The van der Waals surface area contributed by atoms with Gasteiger partial charge in [-0.2, -0.15) is 0 Å². The van der Waals surface area contributed by atoms with Crippen LogP contribution in [0.2, 0.25) is 15.1 Å². The fourth-order valence-electron chi connectivity index (χ4n) is 1.72. The van der Waals surface area contributed by atoms with Crippen molar-refractivity contribution in [2.24, 2.45) is 5.41 Å². The highest BCUT2D eigenvalue weighted by Crippen LogP contribution is 2.64. The van der Waals surface area contributed by atoms with E-state index in [1.54, 1.807) is 6.92 Å². The molecule has 0 saturated heterocycles. The minimum absolute atomic E-state index is 0.212. The van der Waals surface area contributed by atoms with Crippen molar-refractivity contribution in [2.45, 2.75) is 17.7 Å². The number of ether oxygens (including phenoxy) is 1. The Labute approximate surface area is 151 Å². The van der Waals surface area contributed by atoms with Crippen molar-refractivity contribution in [1.29, 1.82) is 0 Å². The number of hydrogen-bond acceptors (Lipinski definition) is 3. The quantitative estimate of drug-likeness (QED) is 0.448. The number of halogens is 5. The third-order valence-corrected chi connectivity index (χ3v) is 5.46. The minimum Gasteiger partial charge on any atom is -0.455 e. The zero-order valence-electron chi connectivity index (χ0n) is 11.2. The second kappa shape index (κ2) is 6.25. The third kappa shape index (κ3) is 3.57. The summed E-state index contributed by atoms with van der Waals surface area (Å²) >= 11 is 29.3. The van der Waals surface area contributed by atoms with Crippen LogP contribution in [0.15, 0.2) is 12.1 Å². The maximum Gasteiger partial charge on any atom is 0.315 e. The minimum atomic E-state index is -1.15. The number of benzene rings is 1. The van der Waals surface area contributed by atoms with E-state index in [2.05, 4.69) is 5.32 Å². The van der Waals surface area contributed by atoms with Gasteiger partial charge in [-0.25, -0.2) is 0 Å². The first-order valence-electron chi connectivity index (χ1n) is 6.06. The van der Waals surface area contributed by atoms with Crippen molar-refractivity contribution in [1.82, 2.24) is 0 Å². The summed E-state index contributed by atoms with van der Waals surface area (Å²) in [6, 6.07) is 2.80. The molecule has 9 heteroatoms. The lowest BCUT2D eigenvalue weighted by atomic mass is 10.1. The van der Waals surface area contributed by atoms with Gasteiger partial charge in [-0.15, -0.1) is 23.2 Å². The SMILES string of the molecule is CC1(C(=O)OCC(=O)Nc2cc(Cl)c(Cl)cc2Cl)CC1(Cl)Cl. The summed E-state index contributed by atoms with van der Waals surface area (Å²) in [4.78, 5) is 23.6. The monoisotopic (exact) mass is 403 g/mol. The Bertz CT molecular complexity index is 649. The van der Waals surface area contributed by atoms with Crippen LogP contribution < -0.4 is 5.32 Å². The van der Waals surface area contributed by atoms with E-state index in [4.69, 9.17) is 62.7 Å². The number of carbonyl (C=O) groups excluding carboxylic acids is 2. The summed E-state index contributed by atoms with van der Waals surface area (Å²) in [5, 5.41) is 3.18. The maximum absolute atomic E-state index is 11.8. The van der Waals surface area contributed by atoms with Crippen molar-refractivity contribution in [3.8, 4) is 0 Å². The molecule has 22 heavy (non-hydrogen) atoms. The van der Waals surface area contributed by atoms with Crippen LogP contribution in [-0.4, -0.2) is 22.8 Å². The molecule has 1 saturated carbocycles. The van der Waals surface area contributed by atoms with Gasteiger partial charge in [0.1, 0.15) is 9.75 Å². The van der Waals surface area contributed by atoms with Crippen LogP contribution in [0.4, 0.5) is 5.69 Å². The summed E-state index contributed by atoms with van der Waals surface area (Å²) in [7, 11) is 0. The first-order chi connectivity index (χ1) is 10.1. The Hall–Kier alpha value is -0.390. The average molecular weight is 405 g/mol. The Morgan fingerprint density at radius 2 is 1.73 bits per heavy atom. The lowest BCUT2D eigenvalue weighted by Gasteiger charge is -2.12. The van der Waals surface area contributed by atoms with Crippen molar-refractivity contribution < 1.29 is 14.3 Å². The molecule has 1 amide bonds. The highest BCUT2D eigenvalue weighted by molar-refractivity contribution is 6.53. The van der Waals surface area contributed by atoms with Crippen LogP contribution in [0.25, 0.3) is 0 Å². The highest BCUT2D eigenvalue weighted by atomic mass is 35.5. The molecule has 0 bridgehead atoms. The number of rotatable bonds is 4. The van der Waals surface area contributed by atoms with E-state index in [-0.39, 0.29) is 27.2 Å². The summed E-state index contributed by atoms with van der Waals surface area (Å²) < 4.78 is 3.77. The molecule has 0 aromatic heterocycles. The standard InChI is InChI=1S/C13H10Cl5NO3/c1-12(5-13(12,17)18)11(21)22-4-10(20)19-9-3-7(15)6(14)2-8(9)16/h2-3H,4-5H2,1H3,(H,19,20). The highest BCUT2D eigenvalue weighted by Gasteiger charge is 2.69. The predicted molar refractivity (Wildman–Crippen MR) is 88.2 cm³/mol. The Kier molecular flexibility index (Phi) is 5.10. The van der Waals surface area contributed by atoms with Crippen LogP contribution in [0.5, 0.6) is 0 Å². The van der Waals surface area contributed by atoms with Crippen LogP contribution in [0, 0.1) is 5.41 Å². The molecule has 0 heterocycles. The topological polar surface area (TPSA) is 55.4 Å². The molecule has 120 valence electrons. The molecule has 1 atom stereocenters.